The summed E-state index contributed by atoms with van der Waals surface area (Å²) in [4.78, 5) is 21.7. The summed E-state index contributed by atoms with van der Waals surface area (Å²) in [5, 5.41) is 20.0. The fourth-order valence-electron chi connectivity index (χ4n) is 2.97. The van der Waals surface area contributed by atoms with Crippen LogP contribution in [-0.4, -0.2) is 52.7 Å². The van der Waals surface area contributed by atoms with Gasteiger partial charge in [0.05, 0.1) is 0 Å². The van der Waals surface area contributed by atoms with Crippen LogP contribution in [0.2, 0.25) is 5.02 Å². The molecule has 1 aromatic carbocycles. The Morgan fingerprint density at radius 1 is 1.19 bits per heavy atom. The molecule has 1 fully saturated rings. The molecule has 0 atom stereocenters. The summed E-state index contributed by atoms with van der Waals surface area (Å²) >= 11 is 6.30. The predicted molar refractivity (Wildman–Crippen MR) is 107 cm³/mol. The predicted octanol–water partition coefficient (Wildman–Crippen LogP) is 3.26. The molecule has 0 aliphatic carbocycles. The number of benzene rings is 1. The SMILES string of the molecule is CC(C)CN(Cc1ccccc1Cl)C1CCNCC1.O=C(O)C=CC(=O)O. The van der Waals surface area contributed by atoms with Gasteiger partial charge >= 0.3 is 11.9 Å². The molecule has 0 unspecified atom stereocenters. The van der Waals surface area contributed by atoms with E-state index in [9.17, 15) is 9.59 Å². The second-order valence-electron chi connectivity index (χ2n) is 6.91. The molecule has 0 aromatic heterocycles. The monoisotopic (exact) mass is 396 g/mol. The summed E-state index contributed by atoms with van der Waals surface area (Å²) in [6, 6.07) is 8.92. The van der Waals surface area contributed by atoms with Crippen LogP contribution < -0.4 is 5.32 Å². The molecule has 3 N–H and O–H groups in total. The van der Waals surface area contributed by atoms with Gasteiger partial charge in [-0.25, -0.2) is 9.59 Å². The number of piperidine rings is 1. The summed E-state index contributed by atoms with van der Waals surface area (Å²) < 4.78 is 0. The van der Waals surface area contributed by atoms with Gasteiger partial charge in [0.1, 0.15) is 0 Å². The maximum absolute atomic E-state index is 9.55. The molecule has 1 heterocycles. The lowest BCUT2D eigenvalue weighted by Crippen LogP contribution is -2.44. The van der Waals surface area contributed by atoms with Crippen molar-refractivity contribution < 1.29 is 19.8 Å². The van der Waals surface area contributed by atoms with Gasteiger partial charge in [0.15, 0.2) is 0 Å². The van der Waals surface area contributed by atoms with Crippen LogP contribution in [0, 0.1) is 5.92 Å². The first-order chi connectivity index (χ1) is 12.8. The lowest BCUT2D eigenvalue weighted by molar-refractivity contribution is -0.134. The summed E-state index contributed by atoms with van der Waals surface area (Å²) in [7, 11) is 0. The average Bonchev–Trinajstić information content (AvgIpc) is 2.62. The van der Waals surface area contributed by atoms with Crippen molar-refractivity contribution in [3.05, 3.63) is 47.0 Å². The van der Waals surface area contributed by atoms with Crippen LogP contribution >= 0.6 is 11.6 Å². The lowest BCUT2D eigenvalue weighted by atomic mass is 10.0. The second-order valence-corrected chi connectivity index (χ2v) is 7.31. The van der Waals surface area contributed by atoms with Crippen molar-refractivity contribution in [3.63, 3.8) is 0 Å². The number of rotatable bonds is 7. The highest BCUT2D eigenvalue weighted by molar-refractivity contribution is 6.31. The van der Waals surface area contributed by atoms with Crippen molar-refractivity contribution >= 4 is 23.5 Å². The number of carboxylic acids is 2. The minimum atomic E-state index is -1.26. The van der Waals surface area contributed by atoms with Crippen LogP contribution in [0.5, 0.6) is 0 Å². The van der Waals surface area contributed by atoms with Crippen LogP contribution in [0.4, 0.5) is 0 Å². The molecule has 0 saturated carbocycles. The first-order valence-corrected chi connectivity index (χ1v) is 9.49. The minimum absolute atomic E-state index is 0.558. The van der Waals surface area contributed by atoms with Crippen molar-refractivity contribution in [1.29, 1.82) is 0 Å². The van der Waals surface area contributed by atoms with Crippen molar-refractivity contribution in [3.8, 4) is 0 Å². The van der Waals surface area contributed by atoms with Crippen LogP contribution in [0.25, 0.3) is 0 Å². The van der Waals surface area contributed by atoms with Crippen molar-refractivity contribution in [1.82, 2.24) is 10.2 Å². The third-order valence-corrected chi connectivity index (χ3v) is 4.49. The van der Waals surface area contributed by atoms with E-state index in [-0.39, 0.29) is 0 Å². The highest BCUT2D eigenvalue weighted by atomic mass is 35.5. The summed E-state index contributed by atoms with van der Waals surface area (Å²) in [6.07, 6.45) is 3.61. The Morgan fingerprint density at radius 2 is 1.74 bits per heavy atom. The quantitative estimate of drug-likeness (QED) is 0.613. The fourth-order valence-corrected chi connectivity index (χ4v) is 3.17. The van der Waals surface area contributed by atoms with Crippen LogP contribution in [-0.2, 0) is 16.1 Å². The van der Waals surface area contributed by atoms with Gasteiger partial charge in [0.2, 0.25) is 0 Å². The molecule has 0 spiro atoms. The number of halogens is 1. The Bertz CT molecular complexity index is 612. The number of nitrogens with zero attached hydrogens (tertiary/aromatic N) is 1. The maximum atomic E-state index is 9.55. The highest BCUT2D eigenvalue weighted by Crippen LogP contribution is 2.21. The molecule has 1 aliphatic heterocycles. The lowest BCUT2D eigenvalue weighted by Gasteiger charge is -2.36. The smallest absolute Gasteiger partial charge is 0.328 e. The molecular weight excluding hydrogens is 368 g/mol. The van der Waals surface area contributed by atoms with Gasteiger partial charge in [-0.3, -0.25) is 4.90 Å². The maximum Gasteiger partial charge on any atom is 0.328 e. The van der Waals surface area contributed by atoms with E-state index in [4.69, 9.17) is 21.8 Å². The van der Waals surface area contributed by atoms with Crippen molar-refractivity contribution in [2.75, 3.05) is 19.6 Å². The van der Waals surface area contributed by atoms with Gasteiger partial charge in [0, 0.05) is 36.3 Å². The van der Waals surface area contributed by atoms with E-state index < -0.39 is 11.9 Å². The molecule has 0 bridgehead atoms. The molecule has 7 heteroatoms. The molecule has 27 heavy (non-hydrogen) atoms. The third-order valence-electron chi connectivity index (χ3n) is 4.12. The summed E-state index contributed by atoms with van der Waals surface area (Å²) in [5.74, 6) is -1.82. The average molecular weight is 397 g/mol. The first-order valence-electron chi connectivity index (χ1n) is 9.11. The van der Waals surface area contributed by atoms with Crippen LogP contribution in [0.3, 0.4) is 0 Å². The molecule has 2 rings (SSSR count). The normalized spacial score (nSPS) is 15.0. The zero-order chi connectivity index (χ0) is 20.2. The number of aliphatic carboxylic acids is 2. The minimum Gasteiger partial charge on any atom is -0.478 e. The van der Waals surface area contributed by atoms with E-state index >= 15 is 0 Å². The molecule has 1 aromatic rings. The van der Waals surface area contributed by atoms with Crippen LogP contribution in [0.15, 0.2) is 36.4 Å². The van der Waals surface area contributed by atoms with Gasteiger partial charge in [-0.05, 0) is 43.5 Å². The number of carbonyl (C=O) groups is 2. The second kappa shape index (κ2) is 12.5. The molecule has 1 saturated heterocycles. The third kappa shape index (κ3) is 10.1. The van der Waals surface area contributed by atoms with E-state index in [1.54, 1.807) is 0 Å². The number of nitrogens with one attached hydrogen (secondary N) is 1. The Labute approximate surface area is 165 Å². The van der Waals surface area contributed by atoms with Gasteiger partial charge in [-0.15, -0.1) is 0 Å². The Morgan fingerprint density at radius 3 is 2.22 bits per heavy atom. The largest absolute Gasteiger partial charge is 0.478 e. The van der Waals surface area contributed by atoms with E-state index in [2.05, 4.69) is 36.2 Å². The van der Waals surface area contributed by atoms with E-state index in [0.717, 1.165) is 31.2 Å². The molecule has 0 radical (unpaired) electrons. The Hall–Kier alpha value is -1.89. The van der Waals surface area contributed by atoms with Crippen molar-refractivity contribution in [2.45, 2.75) is 39.3 Å². The summed E-state index contributed by atoms with van der Waals surface area (Å²) in [6.45, 7) is 8.99. The topological polar surface area (TPSA) is 89.9 Å². The number of hydrogen-bond acceptors (Lipinski definition) is 4. The van der Waals surface area contributed by atoms with Gasteiger partial charge in [0.25, 0.3) is 0 Å². The zero-order valence-corrected chi connectivity index (χ0v) is 16.7. The molecule has 150 valence electrons. The summed E-state index contributed by atoms with van der Waals surface area (Å²) in [5.41, 5.74) is 1.25. The van der Waals surface area contributed by atoms with Gasteiger partial charge in [-0.1, -0.05) is 43.6 Å². The standard InChI is InChI=1S/C16H25ClN2.C4H4O4/c1-13(2)11-19(15-7-9-18-10-8-15)12-14-5-3-4-6-16(14)17;5-3(6)1-2-4(7)8/h3-6,13,15,18H,7-12H2,1-2H3;1-2H,(H,5,6)(H,7,8). The molecule has 6 nitrogen and oxygen atoms in total. The first kappa shape index (κ1) is 23.1. The zero-order valence-electron chi connectivity index (χ0n) is 15.9. The highest BCUT2D eigenvalue weighted by Gasteiger charge is 2.22. The number of hydrogen-bond donors (Lipinski definition) is 3. The van der Waals surface area contributed by atoms with Crippen molar-refractivity contribution in [2.24, 2.45) is 5.92 Å². The molecule has 0 amide bonds. The van der Waals surface area contributed by atoms with E-state index in [1.165, 1.54) is 18.4 Å². The van der Waals surface area contributed by atoms with E-state index in [0.29, 0.717) is 24.1 Å². The molecule has 1 aliphatic rings. The molecular formula is C20H29ClN2O4. The van der Waals surface area contributed by atoms with Crippen LogP contribution in [0.1, 0.15) is 32.3 Å². The van der Waals surface area contributed by atoms with Gasteiger partial charge in [-0.2, -0.15) is 0 Å². The number of carboxylic acid groups (broad SMARTS) is 2. The Kier molecular flexibility index (Phi) is 10.7. The van der Waals surface area contributed by atoms with E-state index in [1.807, 2.05) is 12.1 Å². The fraction of sp³-hybridized carbons (Fsp3) is 0.500. The van der Waals surface area contributed by atoms with Gasteiger partial charge < -0.3 is 15.5 Å². The Balaban J connectivity index is 0.000000387.